The predicted molar refractivity (Wildman–Crippen MR) is 136 cm³/mol. The fraction of sp³-hybridized carbons (Fsp3) is 0.385. The zero-order valence-corrected chi connectivity index (χ0v) is 20.8. The number of rotatable bonds is 9. The van der Waals surface area contributed by atoms with Crippen LogP contribution in [0.4, 0.5) is 0 Å². The number of carbonyl (C=O) groups excluding carboxylic acids is 3. The average Bonchev–Trinajstić information content (AvgIpc) is 2.84. The Morgan fingerprint density at radius 1 is 1.14 bits per heavy atom. The van der Waals surface area contributed by atoms with E-state index in [1.165, 1.54) is 0 Å². The summed E-state index contributed by atoms with van der Waals surface area (Å²) in [5.41, 5.74) is 1.26. The van der Waals surface area contributed by atoms with Gasteiger partial charge in [0.05, 0.1) is 13.0 Å². The minimum atomic E-state index is -0.864. The highest BCUT2D eigenvalue weighted by molar-refractivity contribution is 7.80. The van der Waals surface area contributed by atoms with Gasteiger partial charge in [-0.1, -0.05) is 44.2 Å². The number of ether oxygens (including phenoxy) is 2. The van der Waals surface area contributed by atoms with E-state index in [4.69, 9.17) is 21.7 Å². The molecule has 0 aromatic heterocycles. The van der Waals surface area contributed by atoms with Gasteiger partial charge in [0, 0.05) is 18.7 Å². The van der Waals surface area contributed by atoms with Gasteiger partial charge in [0.2, 0.25) is 5.91 Å². The summed E-state index contributed by atoms with van der Waals surface area (Å²) < 4.78 is 11.0. The van der Waals surface area contributed by atoms with E-state index in [1.807, 2.05) is 30.3 Å². The summed E-state index contributed by atoms with van der Waals surface area (Å²) in [6.45, 7) is 5.70. The van der Waals surface area contributed by atoms with E-state index in [-0.39, 0.29) is 24.0 Å². The fourth-order valence-corrected chi connectivity index (χ4v) is 3.78. The van der Waals surface area contributed by atoms with Gasteiger partial charge in [-0.2, -0.15) is 0 Å². The molecule has 2 N–H and O–H groups in total. The molecule has 0 aliphatic carbocycles. The van der Waals surface area contributed by atoms with Crippen LogP contribution in [0.1, 0.15) is 42.6 Å². The van der Waals surface area contributed by atoms with Crippen molar-refractivity contribution in [3.05, 3.63) is 65.7 Å². The highest BCUT2D eigenvalue weighted by atomic mass is 32.1. The summed E-state index contributed by atoms with van der Waals surface area (Å²) in [5, 5.41) is 5.49. The maximum Gasteiger partial charge on any atom is 0.308 e. The third-order valence-electron chi connectivity index (χ3n) is 5.50. The van der Waals surface area contributed by atoms with Gasteiger partial charge in [-0.3, -0.25) is 19.7 Å². The van der Waals surface area contributed by atoms with Crippen molar-refractivity contribution in [3.63, 3.8) is 0 Å². The van der Waals surface area contributed by atoms with Crippen LogP contribution in [-0.4, -0.2) is 53.5 Å². The summed E-state index contributed by atoms with van der Waals surface area (Å²) in [6, 6.07) is 15.2. The lowest BCUT2D eigenvalue weighted by atomic mass is 10.1. The van der Waals surface area contributed by atoms with E-state index in [0.717, 1.165) is 12.0 Å². The molecule has 9 heteroatoms. The second-order valence-electron chi connectivity index (χ2n) is 8.67. The Hall–Kier alpha value is -3.46. The van der Waals surface area contributed by atoms with Crippen LogP contribution in [0.15, 0.2) is 54.6 Å². The number of amides is 2. The molecule has 0 radical (unpaired) electrons. The largest absolute Gasteiger partial charge is 0.494 e. The van der Waals surface area contributed by atoms with E-state index in [0.29, 0.717) is 36.9 Å². The summed E-state index contributed by atoms with van der Waals surface area (Å²) in [5.74, 6) is -0.0327. The topological polar surface area (TPSA) is 97.0 Å². The number of nitrogens with zero attached hydrogens (tertiary/aromatic N) is 1. The maximum atomic E-state index is 12.7. The van der Waals surface area contributed by atoms with Crippen LogP contribution in [-0.2, 0) is 20.9 Å². The Balaban J connectivity index is 1.55. The Morgan fingerprint density at radius 3 is 2.54 bits per heavy atom. The molecule has 1 fully saturated rings. The van der Waals surface area contributed by atoms with E-state index < -0.39 is 17.9 Å². The van der Waals surface area contributed by atoms with Crippen molar-refractivity contribution in [2.24, 2.45) is 5.92 Å². The molecular formula is C26H31N3O5S. The first-order chi connectivity index (χ1) is 16.8. The molecule has 1 aliphatic rings. The van der Waals surface area contributed by atoms with Crippen LogP contribution >= 0.6 is 12.2 Å². The molecule has 1 atom stereocenters. The molecular weight excluding hydrogens is 466 g/mol. The Morgan fingerprint density at radius 2 is 1.86 bits per heavy atom. The summed E-state index contributed by atoms with van der Waals surface area (Å²) in [7, 11) is 0. The van der Waals surface area contributed by atoms with E-state index in [2.05, 4.69) is 24.5 Å². The normalized spacial score (nSPS) is 15.3. The van der Waals surface area contributed by atoms with E-state index in [1.54, 1.807) is 29.2 Å². The minimum absolute atomic E-state index is 0.0861. The molecule has 0 bridgehead atoms. The van der Waals surface area contributed by atoms with Gasteiger partial charge in [-0.25, -0.2) is 0 Å². The summed E-state index contributed by atoms with van der Waals surface area (Å²) in [6.07, 6.45) is 0.762. The zero-order chi connectivity index (χ0) is 25.2. The number of hydrogen-bond donors (Lipinski definition) is 2. The molecule has 186 valence electrons. The third kappa shape index (κ3) is 8.06. The first kappa shape index (κ1) is 26.2. The van der Waals surface area contributed by atoms with Crippen LogP contribution in [0.2, 0.25) is 0 Å². The molecule has 0 saturated carbocycles. The van der Waals surface area contributed by atoms with Gasteiger partial charge in [0.15, 0.2) is 5.11 Å². The summed E-state index contributed by atoms with van der Waals surface area (Å²) in [4.78, 5) is 39.2. The zero-order valence-electron chi connectivity index (χ0n) is 20.0. The molecule has 1 saturated heterocycles. The second-order valence-corrected chi connectivity index (χ2v) is 9.05. The molecule has 2 aromatic rings. The van der Waals surface area contributed by atoms with Gasteiger partial charge < -0.3 is 19.7 Å². The molecule has 2 aromatic carbocycles. The van der Waals surface area contributed by atoms with Crippen molar-refractivity contribution in [2.45, 2.75) is 39.3 Å². The van der Waals surface area contributed by atoms with Gasteiger partial charge in [-0.05, 0) is 54.4 Å². The molecule has 1 unspecified atom stereocenters. The molecule has 3 rings (SSSR count). The molecule has 8 nitrogen and oxygen atoms in total. The van der Waals surface area contributed by atoms with Crippen LogP contribution in [0, 0.1) is 5.92 Å². The smallest absolute Gasteiger partial charge is 0.308 e. The lowest BCUT2D eigenvalue weighted by molar-refractivity contribution is -0.148. The first-order valence-corrected chi connectivity index (χ1v) is 12.1. The van der Waals surface area contributed by atoms with Crippen molar-refractivity contribution in [1.82, 2.24) is 15.5 Å². The van der Waals surface area contributed by atoms with Gasteiger partial charge in [0.25, 0.3) is 5.91 Å². The summed E-state index contributed by atoms with van der Waals surface area (Å²) >= 11 is 5.42. The highest BCUT2D eigenvalue weighted by Crippen LogP contribution is 2.15. The predicted octanol–water partition coefficient (Wildman–Crippen LogP) is 3.06. The van der Waals surface area contributed by atoms with E-state index in [9.17, 15) is 14.4 Å². The Kier molecular flexibility index (Phi) is 9.60. The number of benzene rings is 2. The quantitative estimate of drug-likeness (QED) is 0.406. The van der Waals surface area contributed by atoms with Crippen molar-refractivity contribution < 1.29 is 23.9 Å². The number of carbonyl (C=O) groups is 3. The van der Waals surface area contributed by atoms with Crippen LogP contribution in [0.5, 0.6) is 5.75 Å². The van der Waals surface area contributed by atoms with Crippen molar-refractivity contribution in [2.75, 3.05) is 19.7 Å². The van der Waals surface area contributed by atoms with Crippen molar-refractivity contribution >= 4 is 35.1 Å². The Labute approximate surface area is 211 Å². The van der Waals surface area contributed by atoms with Crippen molar-refractivity contribution in [1.29, 1.82) is 0 Å². The molecule has 1 heterocycles. The molecule has 35 heavy (non-hydrogen) atoms. The van der Waals surface area contributed by atoms with Crippen LogP contribution in [0.3, 0.4) is 0 Å². The standard InChI is InChI=1S/C26H31N3O5S/c1-18(2)12-15-33-21-10-8-20(9-11-21)24(31)28-26(35)29-14-13-27-25(32)22(29)16-23(30)34-17-19-6-4-3-5-7-19/h3-11,18,22H,12-17H2,1-2H3,(H,27,32)(H,28,31,35). The first-order valence-electron chi connectivity index (χ1n) is 11.7. The number of thiocarbonyl (C=S) groups is 1. The number of esters is 1. The molecule has 2 amide bonds. The number of piperazine rings is 1. The van der Waals surface area contributed by atoms with Gasteiger partial charge in [0.1, 0.15) is 18.4 Å². The van der Waals surface area contributed by atoms with E-state index >= 15 is 0 Å². The SMILES string of the molecule is CC(C)CCOc1ccc(C(=O)NC(=S)N2CCNC(=O)C2CC(=O)OCc2ccccc2)cc1. The highest BCUT2D eigenvalue weighted by Gasteiger charge is 2.34. The minimum Gasteiger partial charge on any atom is -0.494 e. The fourth-order valence-electron chi connectivity index (χ4n) is 3.47. The lowest BCUT2D eigenvalue weighted by Crippen LogP contribution is -2.60. The van der Waals surface area contributed by atoms with Gasteiger partial charge >= 0.3 is 5.97 Å². The number of nitrogens with one attached hydrogen (secondary N) is 2. The molecule has 1 aliphatic heterocycles. The van der Waals surface area contributed by atoms with Crippen LogP contribution in [0.25, 0.3) is 0 Å². The van der Waals surface area contributed by atoms with Crippen molar-refractivity contribution in [3.8, 4) is 5.75 Å². The maximum absolute atomic E-state index is 12.7. The average molecular weight is 498 g/mol. The third-order valence-corrected chi connectivity index (χ3v) is 5.83. The molecule has 0 spiro atoms. The lowest BCUT2D eigenvalue weighted by Gasteiger charge is -2.36. The van der Waals surface area contributed by atoms with Gasteiger partial charge in [-0.15, -0.1) is 0 Å². The Bertz CT molecular complexity index is 1030. The van der Waals surface area contributed by atoms with Crippen LogP contribution < -0.4 is 15.4 Å². The number of hydrogen-bond acceptors (Lipinski definition) is 6. The second kappa shape index (κ2) is 12.9. The monoisotopic (exact) mass is 497 g/mol.